The molecule has 15 nitrogen and oxygen atoms in total. The third-order valence-corrected chi connectivity index (χ3v) is 9.81. The van der Waals surface area contributed by atoms with Crippen LogP contribution < -0.4 is 11.9 Å². The molecule has 7 N–H and O–H groups in total. The standard InChI is InChI=1S/C22H19N3O4.C21H18N4O3.H3N/c1-24-13-12-22(28,21(24)27)11-10-15-6-5-7-16(14-15)25-18-9-4-3-8-17(18)19(23-25)20(26)29-2;1-24-12-11-21(28,20(24)27)10-9-14-5-4-6-15(13-14)25-17-8-3-2-7-16(17)18(23-25)19(22)26;/h3-9,14,28H,12-13H2,1-2H3;2-8,13,28H,11-12H2,1H3,(H2,22,26);1H3/t22-;21-;/m00./s1. The van der Waals surface area contributed by atoms with Crippen molar-refractivity contribution in [2.24, 2.45) is 5.73 Å². The Morgan fingerprint density at radius 1 is 0.690 bits per heavy atom. The molecule has 0 aliphatic carbocycles. The Bertz CT molecular complexity index is 2730. The molecule has 8 rings (SSSR count). The number of esters is 1. The lowest BCUT2D eigenvalue weighted by Gasteiger charge is -2.13. The van der Waals surface area contributed by atoms with E-state index in [-0.39, 0.29) is 42.2 Å². The van der Waals surface area contributed by atoms with Crippen molar-refractivity contribution in [3.05, 3.63) is 120 Å². The number of likely N-dealkylation sites (tertiary alicyclic amines) is 2. The molecule has 4 heterocycles. The first-order valence-corrected chi connectivity index (χ1v) is 17.9. The third kappa shape index (κ3) is 7.61. The second kappa shape index (κ2) is 16.0. The summed E-state index contributed by atoms with van der Waals surface area (Å²) in [4.78, 5) is 50.9. The van der Waals surface area contributed by atoms with E-state index in [9.17, 15) is 29.4 Å². The van der Waals surface area contributed by atoms with Crippen molar-refractivity contribution < 1.29 is 34.1 Å². The fourth-order valence-electron chi connectivity index (χ4n) is 6.68. The fourth-order valence-corrected chi connectivity index (χ4v) is 6.68. The molecule has 2 aliphatic heterocycles. The van der Waals surface area contributed by atoms with E-state index >= 15 is 0 Å². The van der Waals surface area contributed by atoms with Crippen molar-refractivity contribution in [2.75, 3.05) is 34.3 Å². The summed E-state index contributed by atoms with van der Waals surface area (Å²) >= 11 is 0. The number of hydrogen-bond acceptors (Lipinski definition) is 10. The van der Waals surface area contributed by atoms with E-state index in [1.165, 1.54) is 16.9 Å². The number of rotatable bonds is 4. The number of aromatic nitrogens is 4. The van der Waals surface area contributed by atoms with Crippen molar-refractivity contribution in [1.82, 2.24) is 35.5 Å². The molecule has 0 spiro atoms. The molecule has 0 saturated carbocycles. The van der Waals surface area contributed by atoms with E-state index in [0.29, 0.717) is 46.4 Å². The number of fused-ring (bicyclic) bond motifs is 2. The van der Waals surface area contributed by atoms with Crippen LogP contribution in [0.25, 0.3) is 33.2 Å². The van der Waals surface area contributed by atoms with Crippen LogP contribution in [0.15, 0.2) is 97.1 Å². The molecule has 4 aromatic carbocycles. The van der Waals surface area contributed by atoms with Gasteiger partial charge in [0, 0.05) is 61.9 Å². The summed E-state index contributed by atoms with van der Waals surface area (Å²) in [7, 11) is 4.60. The highest BCUT2D eigenvalue weighted by Crippen LogP contribution is 2.26. The van der Waals surface area contributed by atoms with Crippen LogP contribution in [0.5, 0.6) is 0 Å². The molecule has 58 heavy (non-hydrogen) atoms. The maximum Gasteiger partial charge on any atom is 0.359 e. The molecule has 6 aromatic rings. The van der Waals surface area contributed by atoms with E-state index in [2.05, 4.69) is 33.9 Å². The number of likely N-dealkylation sites (N-methyl/N-ethyl adjacent to an activating group) is 2. The molecular formula is C43H40N8O7. The lowest BCUT2D eigenvalue weighted by molar-refractivity contribution is -0.138. The Kier molecular flexibility index (Phi) is 11.2. The summed E-state index contributed by atoms with van der Waals surface area (Å²) in [5.41, 5.74) is 6.71. The van der Waals surface area contributed by atoms with Crippen LogP contribution in [0.1, 0.15) is 44.9 Å². The van der Waals surface area contributed by atoms with Crippen LogP contribution in [0.4, 0.5) is 0 Å². The first-order valence-electron chi connectivity index (χ1n) is 17.9. The zero-order valence-corrected chi connectivity index (χ0v) is 32.0. The number of aliphatic hydroxyl groups is 2. The lowest BCUT2D eigenvalue weighted by atomic mass is 10.0. The Balaban J connectivity index is 0.000000192. The number of benzene rings is 4. The maximum absolute atomic E-state index is 12.1. The van der Waals surface area contributed by atoms with E-state index in [0.717, 1.165) is 11.0 Å². The number of nitrogens with zero attached hydrogens (tertiary/aromatic N) is 6. The molecule has 294 valence electrons. The molecule has 0 bridgehead atoms. The largest absolute Gasteiger partial charge is 0.464 e. The molecule has 2 atom stereocenters. The van der Waals surface area contributed by atoms with Gasteiger partial charge >= 0.3 is 5.97 Å². The molecular weight excluding hydrogens is 741 g/mol. The second-order valence-electron chi connectivity index (χ2n) is 13.7. The average Bonchev–Trinajstić information content (AvgIpc) is 3.96. The number of nitrogens with two attached hydrogens (primary N) is 1. The van der Waals surface area contributed by atoms with Crippen LogP contribution in [-0.2, 0) is 14.3 Å². The predicted molar refractivity (Wildman–Crippen MR) is 215 cm³/mol. The van der Waals surface area contributed by atoms with Crippen molar-refractivity contribution >= 4 is 45.5 Å². The van der Waals surface area contributed by atoms with Crippen molar-refractivity contribution in [1.29, 1.82) is 0 Å². The number of carbonyl (C=O) groups is 4. The normalized spacial score (nSPS) is 18.4. The predicted octanol–water partition coefficient (Wildman–Crippen LogP) is 2.99. The highest BCUT2D eigenvalue weighted by atomic mass is 16.5. The van der Waals surface area contributed by atoms with Crippen molar-refractivity contribution in [2.45, 2.75) is 24.0 Å². The van der Waals surface area contributed by atoms with Crippen molar-refractivity contribution in [3.8, 4) is 35.1 Å². The first-order chi connectivity index (χ1) is 27.3. The summed E-state index contributed by atoms with van der Waals surface area (Å²) in [5.74, 6) is 9.31. The number of methoxy groups -OCH3 is 1. The van der Waals surface area contributed by atoms with Gasteiger partial charge in [0.25, 0.3) is 17.7 Å². The van der Waals surface area contributed by atoms with E-state index in [4.69, 9.17) is 10.5 Å². The molecule has 2 aliphatic rings. The molecule has 0 radical (unpaired) electrons. The Morgan fingerprint density at radius 2 is 1.12 bits per heavy atom. The maximum atomic E-state index is 12.1. The Labute approximate surface area is 333 Å². The topological polar surface area (TPSA) is 221 Å². The highest BCUT2D eigenvalue weighted by molar-refractivity contribution is 6.04. The number of ether oxygens (including phenoxy) is 1. The van der Waals surface area contributed by atoms with Gasteiger partial charge in [0.1, 0.15) is 0 Å². The van der Waals surface area contributed by atoms with E-state index in [1.54, 1.807) is 65.9 Å². The minimum Gasteiger partial charge on any atom is -0.464 e. The summed E-state index contributed by atoms with van der Waals surface area (Å²) in [6.45, 7) is 0.943. The fraction of sp³-hybridized carbons (Fsp3) is 0.209. The molecule has 15 heteroatoms. The third-order valence-electron chi connectivity index (χ3n) is 9.81. The van der Waals surface area contributed by atoms with Crippen LogP contribution in [0, 0.1) is 23.7 Å². The monoisotopic (exact) mass is 780 g/mol. The first kappa shape index (κ1) is 40.4. The number of amides is 3. The quantitative estimate of drug-likeness (QED) is 0.151. The SMILES string of the molecule is CN1CC[C@@](O)(C#Cc2cccc(-n3nc(C(N)=O)c4ccccc43)c2)C1=O.COC(=O)c1nn(-c2cccc(C#C[C@]3(O)CCN(C)C3=O)c2)c2ccccc12.N. The van der Waals surface area contributed by atoms with Crippen molar-refractivity contribution in [3.63, 3.8) is 0 Å². The summed E-state index contributed by atoms with van der Waals surface area (Å²) in [6, 6.07) is 29.1. The minimum atomic E-state index is -1.65. The van der Waals surface area contributed by atoms with E-state index in [1.807, 2.05) is 54.6 Å². The van der Waals surface area contributed by atoms with Gasteiger partial charge in [-0.2, -0.15) is 10.2 Å². The number of hydrogen-bond donors (Lipinski definition) is 4. The van der Waals surface area contributed by atoms with Crippen LogP contribution in [-0.4, -0.2) is 109 Å². The lowest BCUT2D eigenvalue weighted by Crippen LogP contribution is -2.37. The Morgan fingerprint density at radius 3 is 1.53 bits per heavy atom. The van der Waals surface area contributed by atoms with Gasteiger partial charge in [0.2, 0.25) is 11.2 Å². The molecule has 2 aromatic heterocycles. The van der Waals surface area contributed by atoms with Gasteiger partial charge in [-0.05, 0) is 48.5 Å². The zero-order valence-electron chi connectivity index (χ0n) is 32.0. The number of para-hydroxylation sites is 2. The van der Waals surface area contributed by atoms with Gasteiger partial charge in [-0.25, -0.2) is 14.2 Å². The molecule has 3 amide bonds. The summed E-state index contributed by atoms with van der Waals surface area (Å²) in [5, 5.41) is 31.1. The zero-order chi connectivity index (χ0) is 40.5. The average molecular weight is 781 g/mol. The highest BCUT2D eigenvalue weighted by Gasteiger charge is 2.43. The number of carbonyl (C=O) groups excluding carboxylic acids is 4. The molecule has 0 unspecified atom stereocenters. The van der Waals surface area contributed by atoms with Gasteiger partial charge in [-0.1, -0.05) is 72.2 Å². The van der Waals surface area contributed by atoms with Gasteiger partial charge < -0.3 is 36.6 Å². The summed E-state index contributed by atoms with van der Waals surface area (Å²) < 4.78 is 8.12. The molecule has 2 saturated heterocycles. The van der Waals surface area contributed by atoms with Crippen LogP contribution in [0.3, 0.4) is 0 Å². The summed E-state index contributed by atoms with van der Waals surface area (Å²) in [6.07, 6.45) is 0.558. The van der Waals surface area contributed by atoms with Gasteiger partial charge in [-0.15, -0.1) is 0 Å². The second-order valence-corrected chi connectivity index (χ2v) is 13.7. The van der Waals surface area contributed by atoms with Crippen LogP contribution in [0.2, 0.25) is 0 Å². The molecule has 2 fully saturated rings. The number of primary amides is 1. The van der Waals surface area contributed by atoms with Gasteiger partial charge in [-0.3, -0.25) is 14.4 Å². The minimum absolute atomic E-state index is 0. The Hall–Kier alpha value is -7.30. The smallest absolute Gasteiger partial charge is 0.359 e. The van der Waals surface area contributed by atoms with Gasteiger partial charge in [0.05, 0.1) is 29.5 Å². The van der Waals surface area contributed by atoms with E-state index < -0.39 is 23.1 Å². The van der Waals surface area contributed by atoms with Crippen LogP contribution >= 0.6 is 0 Å². The van der Waals surface area contributed by atoms with Gasteiger partial charge in [0.15, 0.2) is 11.4 Å².